The van der Waals surface area contributed by atoms with E-state index in [1.165, 1.54) is 6.07 Å². The number of carbonyl (C=O) groups excluding carboxylic acids is 1. The first-order valence-electron chi connectivity index (χ1n) is 6.12. The minimum Gasteiger partial charge on any atom is -0.478 e. The van der Waals surface area contributed by atoms with Crippen molar-refractivity contribution in [3.05, 3.63) is 34.9 Å². The molecule has 0 fully saturated rings. The van der Waals surface area contributed by atoms with Gasteiger partial charge in [0.2, 0.25) is 0 Å². The third-order valence-corrected chi connectivity index (χ3v) is 3.52. The molecular formula is C14H19NO3S. The molecule has 104 valence electrons. The van der Waals surface area contributed by atoms with Gasteiger partial charge in [0.1, 0.15) is 0 Å². The number of nitrogens with one attached hydrogen (secondary N) is 1. The molecule has 0 aliphatic heterocycles. The van der Waals surface area contributed by atoms with E-state index < -0.39 is 5.97 Å². The van der Waals surface area contributed by atoms with E-state index >= 15 is 0 Å². The largest absolute Gasteiger partial charge is 0.478 e. The lowest BCUT2D eigenvalue weighted by molar-refractivity contribution is 0.0696. The quantitative estimate of drug-likeness (QED) is 0.841. The zero-order valence-electron chi connectivity index (χ0n) is 11.4. The Bertz CT molecular complexity index is 474. The third kappa shape index (κ3) is 4.59. The van der Waals surface area contributed by atoms with Crippen LogP contribution in [0.15, 0.2) is 18.2 Å². The van der Waals surface area contributed by atoms with Crippen molar-refractivity contribution in [1.29, 1.82) is 0 Å². The fraction of sp³-hybridized carbons (Fsp3) is 0.429. The minimum atomic E-state index is -1.02. The molecule has 0 radical (unpaired) electrons. The van der Waals surface area contributed by atoms with Gasteiger partial charge in [0.25, 0.3) is 5.91 Å². The number of rotatable bonds is 6. The summed E-state index contributed by atoms with van der Waals surface area (Å²) in [4.78, 5) is 23.1. The summed E-state index contributed by atoms with van der Waals surface area (Å²) in [5.74, 6) is -0.388. The molecule has 0 aromatic heterocycles. The lowest BCUT2D eigenvalue weighted by Gasteiger charge is -2.16. The van der Waals surface area contributed by atoms with Crippen molar-refractivity contribution in [3.63, 3.8) is 0 Å². The van der Waals surface area contributed by atoms with Crippen LogP contribution in [0.2, 0.25) is 0 Å². The fourth-order valence-electron chi connectivity index (χ4n) is 1.77. The van der Waals surface area contributed by atoms with Crippen LogP contribution in [0.4, 0.5) is 0 Å². The van der Waals surface area contributed by atoms with E-state index in [1.807, 2.05) is 13.2 Å². The molecule has 0 spiro atoms. The summed E-state index contributed by atoms with van der Waals surface area (Å²) in [6, 6.07) is 4.78. The van der Waals surface area contributed by atoms with Crippen LogP contribution in [0.1, 0.15) is 39.6 Å². The van der Waals surface area contributed by atoms with Gasteiger partial charge >= 0.3 is 5.97 Å². The standard InChI is InChI=1S/C14H19NO3S/c1-4-12(8-19-3)15-13(16)10-5-9(2)6-11(7-10)14(17)18/h5-7,12H,4,8H2,1-3H3,(H,15,16)(H,17,18). The van der Waals surface area contributed by atoms with Gasteiger partial charge in [-0.05, 0) is 43.4 Å². The highest BCUT2D eigenvalue weighted by molar-refractivity contribution is 7.98. The van der Waals surface area contributed by atoms with Gasteiger partial charge in [-0.25, -0.2) is 4.79 Å². The molecule has 0 aliphatic carbocycles. The first kappa shape index (κ1) is 15.6. The number of carbonyl (C=O) groups is 2. The van der Waals surface area contributed by atoms with Gasteiger partial charge in [-0.15, -0.1) is 0 Å². The second-order valence-electron chi connectivity index (χ2n) is 4.43. The maximum atomic E-state index is 12.1. The maximum absolute atomic E-state index is 12.1. The third-order valence-electron chi connectivity index (χ3n) is 2.78. The van der Waals surface area contributed by atoms with Gasteiger partial charge in [-0.3, -0.25) is 4.79 Å². The average molecular weight is 281 g/mol. The molecule has 4 nitrogen and oxygen atoms in total. The lowest BCUT2D eigenvalue weighted by Crippen LogP contribution is -2.36. The van der Waals surface area contributed by atoms with Gasteiger partial charge in [0, 0.05) is 17.4 Å². The van der Waals surface area contributed by atoms with Gasteiger partial charge in [-0.1, -0.05) is 6.92 Å². The fourth-order valence-corrected chi connectivity index (χ4v) is 2.49. The number of amides is 1. The van der Waals surface area contributed by atoms with E-state index in [-0.39, 0.29) is 17.5 Å². The number of benzene rings is 1. The van der Waals surface area contributed by atoms with Crippen molar-refractivity contribution in [2.24, 2.45) is 0 Å². The monoisotopic (exact) mass is 281 g/mol. The molecule has 1 aromatic rings. The van der Waals surface area contributed by atoms with Crippen molar-refractivity contribution in [2.45, 2.75) is 26.3 Å². The van der Waals surface area contributed by atoms with Crippen molar-refractivity contribution < 1.29 is 14.7 Å². The Balaban J connectivity index is 2.90. The van der Waals surface area contributed by atoms with Crippen LogP contribution in [0.3, 0.4) is 0 Å². The van der Waals surface area contributed by atoms with Gasteiger partial charge in [-0.2, -0.15) is 11.8 Å². The Kier molecular flexibility index (Phi) is 5.89. The predicted octanol–water partition coefficient (Wildman–Crippen LogP) is 2.56. The van der Waals surface area contributed by atoms with E-state index in [2.05, 4.69) is 5.32 Å². The van der Waals surface area contributed by atoms with Crippen LogP contribution < -0.4 is 5.32 Å². The van der Waals surface area contributed by atoms with Crippen LogP contribution in [0, 0.1) is 6.92 Å². The second-order valence-corrected chi connectivity index (χ2v) is 5.34. The highest BCUT2D eigenvalue weighted by atomic mass is 32.2. The summed E-state index contributed by atoms with van der Waals surface area (Å²) < 4.78 is 0. The Morgan fingerprint density at radius 1 is 1.32 bits per heavy atom. The van der Waals surface area contributed by atoms with E-state index in [9.17, 15) is 9.59 Å². The number of carboxylic acids is 1. The Morgan fingerprint density at radius 2 is 1.95 bits per heavy atom. The van der Waals surface area contributed by atoms with E-state index in [1.54, 1.807) is 30.8 Å². The number of hydrogen-bond acceptors (Lipinski definition) is 3. The number of carboxylic acid groups (broad SMARTS) is 1. The lowest BCUT2D eigenvalue weighted by atomic mass is 10.1. The van der Waals surface area contributed by atoms with Crippen molar-refractivity contribution in [3.8, 4) is 0 Å². The minimum absolute atomic E-state index is 0.108. The topological polar surface area (TPSA) is 66.4 Å². The zero-order chi connectivity index (χ0) is 14.4. The average Bonchev–Trinajstić information content (AvgIpc) is 2.37. The maximum Gasteiger partial charge on any atom is 0.335 e. The van der Waals surface area contributed by atoms with Crippen molar-refractivity contribution in [2.75, 3.05) is 12.0 Å². The molecule has 19 heavy (non-hydrogen) atoms. The Hall–Kier alpha value is -1.49. The molecule has 0 saturated carbocycles. The molecule has 1 rings (SSSR count). The van der Waals surface area contributed by atoms with Crippen LogP contribution in [0.25, 0.3) is 0 Å². The van der Waals surface area contributed by atoms with Crippen LogP contribution in [-0.4, -0.2) is 35.0 Å². The Labute approximate surface area is 117 Å². The molecule has 0 heterocycles. The van der Waals surface area contributed by atoms with E-state index in [0.29, 0.717) is 5.56 Å². The molecule has 1 aromatic carbocycles. The van der Waals surface area contributed by atoms with E-state index in [0.717, 1.165) is 17.7 Å². The van der Waals surface area contributed by atoms with Crippen molar-refractivity contribution in [1.82, 2.24) is 5.32 Å². The molecule has 1 amide bonds. The summed E-state index contributed by atoms with van der Waals surface area (Å²) in [5, 5.41) is 11.9. The summed E-state index contributed by atoms with van der Waals surface area (Å²) in [7, 11) is 0. The van der Waals surface area contributed by atoms with Crippen LogP contribution in [-0.2, 0) is 0 Å². The molecule has 1 unspecified atom stereocenters. The van der Waals surface area contributed by atoms with Gasteiger partial charge in [0.15, 0.2) is 0 Å². The number of thioether (sulfide) groups is 1. The molecule has 1 atom stereocenters. The van der Waals surface area contributed by atoms with Crippen molar-refractivity contribution >= 4 is 23.6 Å². The summed E-state index contributed by atoms with van der Waals surface area (Å²) in [6.07, 6.45) is 2.84. The summed E-state index contributed by atoms with van der Waals surface area (Å²) in [6.45, 7) is 3.79. The second kappa shape index (κ2) is 7.19. The van der Waals surface area contributed by atoms with Crippen LogP contribution >= 0.6 is 11.8 Å². The molecule has 0 aliphatic rings. The first-order valence-corrected chi connectivity index (χ1v) is 7.52. The summed E-state index contributed by atoms with van der Waals surface area (Å²) in [5.41, 5.74) is 1.31. The Morgan fingerprint density at radius 3 is 2.47 bits per heavy atom. The number of hydrogen-bond donors (Lipinski definition) is 2. The molecule has 2 N–H and O–H groups in total. The highest BCUT2D eigenvalue weighted by Crippen LogP contribution is 2.11. The molecule has 5 heteroatoms. The number of aryl methyl sites for hydroxylation is 1. The van der Waals surface area contributed by atoms with Gasteiger partial charge < -0.3 is 10.4 Å². The summed E-state index contributed by atoms with van der Waals surface area (Å²) >= 11 is 1.67. The predicted molar refractivity (Wildman–Crippen MR) is 78.1 cm³/mol. The number of aromatic carboxylic acids is 1. The smallest absolute Gasteiger partial charge is 0.335 e. The molecule has 0 saturated heterocycles. The molecular weight excluding hydrogens is 262 g/mol. The SMILES string of the molecule is CCC(CSC)NC(=O)c1cc(C)cc(C(=O)O)c1. The normalized spacial score (nSPS) is 11.9. The highest BCUT2D eigenvalue weighted by Gasteiger charge is 2.14. The van der Waals surface area contributed by atoms with Gasteiger partial charge in [0.05, 0.1) is 5.56 Å². The van der Waals surface area contributed by atoms with E-state index in [4.69, 9.17) is 5.11 Å². The first-order chi connectivity index (χ1) is 8.97. The molecule has 0 bridgehead atoms. The van der Waals surface area contributed by atoms with Crippen LogP contribution in [0.5, 0.6) is 0 Å². The zero-order valence-corrected chi connectivity index (χ0v) is 12.2.